The molecule has 1 aliphatic rings. The molecular weight excluding hydrogens is 506 g/mol. The summed E-state index contributed by atoms with van der Waals surface area (Å²) in [4.78, 5) is 49.4. The van der Waals surface area contributed by atoms with Gasteiger partial charge in [0, 0.05) is 29.9 Å². The number of hydrogen-bond donors (Lipinski definition) is 2. The van der Waals surface area contributed by atoms with Gasteiger partial charge in [-0.15, -0.1) is 0 Å². The largest absolute Gasteiger partial charge is 0.465 e. The summed E-state index contributed by atoms with van der Waals surface area (Å²) in [5.41, 5.74) is 3.09. The van der Waals surface area contributed by atoms with Crippen LogP contribution in [0.2, 0.25) is 0 Å². The number of carbonyl (C=O) groups is 3. The molecule has 0 atom stereocenters. The van der Waals surface area contributed by atoms with Crippen molar-refractivity contribution in [3.63, 3.8) is 0 Å². The van der Waals surface area contributed by atoms with Crippen molar-refractivity contribution in [2.75, 3.05) is 35.7 Å². The summed E-state index contributed by atoms with van der Waals surface area (Å²) >= 11 is 0. The monoisotopic (exact) mass is 537 g/mol. The van der Waals surface area contributed by atoms with Crippen molar-refractivity contribution in [2.24, 2.45) is 0 Å². The predicted octanol–water partition coefficient (Wildman–Crippen LogP) is 5.51. The number of benzene rings is 2. The third-order valence-corrected chi connectivity index (χ3v) is 6.45. The zero-order chi connectivity index (χ0) is 28.5. The van der Waals surface area contributed by atoms with Gasteiger partial charge in [0.1, 0.15) is 0 Å². The van der Waals surface area contributed by atoms with Crippen LogP contribution in [0.25, 0.3) is 5.57 Å². The summed E-state index contributed by atoms with van der Waals surface area (Å²) in [7, 11) is 1.28. The SMILES string of the molecule is C=CC=C(C=C)c1ncc(NC(=O)c2cc(N3CCCCC3)ccc2NC(=O)c2cccc(C(=O)OC)c2)cn1. The number of methoxy groups -OCH3 is 1. The molecule has 2 aromatic carbocycles. The zero-order valence-electron chi connectivity index (χ0n) is 22.4. The molecule has 0 radical (unpaired) electrons. The van der Waals surface area contributed by atoms with Gasteiger partial charge < -0.3 is 20.3 Å². The van der Waals surface area contributed by atoms with Gasteiger partial charge in [0.2, 0.25) is 0 Å². The highest BCUT2D eigenvalue weighted by molar-refractivity contribution is 6.13. The summed E-state index contributed by atoms with van der Waals surface area (Å²) < 4.78 is 4.76. The first-order chi connectivity index (χ1) is 19.4. The standard InChI is InChI=1S/C31H31N5O4/c1-4-10-21(5-2)28-32-19-24(20-33-28)34-30(38)26-18-25(36-15-7-6-8-16-36)13-14-27(26)35-29(37)22-11-9-12-23(17-22)31(39)40-3/h4-5,9-14,17-20H,1-2,6-8,15-16H2,3H3,(H,34,38)(H,35,37). The maximum atomic E-state index is 13.5. The van der Waals surface area contributed by atoms with Crippen molar-refractivity contribution in [1.82, 2.24) is 9.97 Å². The first-order valence-corrected chi connectivity index (χ1v) is 12.9. The Morgan fingerprint density at radius 3 is 2.33 bits per heavy atom. The lowest BCUT2D eigenvalue weighted by Gasteiger charge is -2.29. The van der Waals surface area contributed by atoms with E-state index in [2.05, 4.69) is 38.7 Å². The maximum Gasteiger partial charge on any atom is 0.337 e. The first kappa shape index (κ1) is 28.0. The molecule has 4 rings (SSSR count). The van der Waals surface area contributed by atoms with Crippen LogP contribution in [0, 0.1) is 0 Å². The second kappa shape index (κ2) is 13.1. The highest BCUT2D eigenvalue weighted by atomic mass is 16.5. The number of amides is 2. The molecule has 204 valence electrons. The van der Waals surface area contributed by atoms with Gasteiger partial charge in [0.25, 0.3) is 11.8 Å². The van der Waals surface area contributed by atoms with Crippen molar-refractivity contribution in [3.8, 4) is 0 Å². The molecule has 2 amide bonds. The predicted molar refractivity (Wildman–Crippen MR) is 157 cm³/mol. The van der Waals surface area contributed by atoms with Gasteiger partial charge in [-0.1, -0.05) is 37.5 Å². The Morgan fingerprint density at radius 1 is 0.925 bits per heavy atom. The number of esters is 1. The minimum atomic E-state index is -0.547. The van der Waals surface area contributed by atoms with Crippen LogP contribution < -0.4 is 15.5 Å². The van der Waals surface area contributed by atoms with E-state index in [0.717, 1.165) is 31.6 Å². The van der Waals surface area contributed by atoms with E-state index in [1.54, 1.807) is 48.6 Å². The van der Waals surface area contributed by atoms with E-state index in [1.165, 1.54) is 32.0 Å². The minimum absolute atomic E-state index is 0.250. The van der Waals surface area contributed by atoms with Crippen LogP contribution in [0.3, 0.4) is 0 Å². The fraction of sp³-hybridized carbons (Fsp3) is 0.194. The number of hydrogen-bond acceptors (Lipinski definition) is 7. The van der Waals surface area contributed by atoms with Gasteiger partial charge in [-0.3, -0.25) is 9.59 Å². The Labute approximate surface area is 233 Å². The van der Waals surface area contributed by atoms with Crippen molar-refractivity contribution in [3.05, 3.63) is 109 Å². The Balaban J connectivity index is 1.62. The molecular formula is C31H31N5O4. The highest BCUT2D eigenvalue weighted by Crippen LogP contribution is 2.27. The molecule has 1 saturated heterocycles. The molecule has 1 aliphatic heterocycles. The maximum absolute atomic E-state index is 13.5. The molecule has 1 aromatic heterocycles. The number of rotatable bonds is 9. The number of nitrogens with zero attached hydrogens (tertiary/aromatic N) is 3. The van der Waals surface area contributed by atoms with Crippen molar-refractivity contribution in [1.29, 1.82) is 0 Å². The summed E-state index contributed by atoms with van der Waals surface area (Å²) in [5, 5.41) is 5.65. The second-order valence-corrected chi connectivity index (χ2v) is 9.12. The van der Waals surface area contributed by atoms with Crippen LogP contribution in [0.4, 0.5) is 17.1 Å². The molecule has 2 heterocycles. The van der Waals surface area contributed by atoms with E-state index < -0.39 is 17.8 Å². The van der Waals surface area contributed by atoms with Crippen molar-refractivity contribution in [2.45, 2.75) is 19.3 Å². The fourth-order valence-electron chi connectivity index (χ4n) is 4.38. The van der Waals surface area contributed by atoms with Crippen molar-refractivity contribution >= 4 is 40.4 Å². The quantitative estimate of drug-likeness (QED) is 0.273. The molecule has 0 aliphatic carbocycles. The average Bonchev–Trinajstić information content (AvgIpc) is 3.00. The number of anilines is 3. The molecule has 0 bridgehead atoms. The van der Waals surface area contributed by atoms with E-state index in [-0.39, 0.29) is 16.7 Å². The Bertz CT molecular complexity index is 1460. The second-order valence-electron chi connectivity index (χ2n) is 9.12. The fourth-order valence-corrected chi connectivity index (χ4v) is 4.38. The van der Waals surface area contributed by atoms with Gasteiger partial charge in [0.15, 0.2) is 5.82 Å². The molecule has 1 fully saturated rings. The lowest BCUT2D eigenvalue weighted by atomic mass is 10.1. The molecule has 2 N–H and O–H groups in total. The summed E-state index contributed by atoms with van der Waals surface area (Å²) in [5.74, 6) is -1.00. The van der Waals surface area contributed by atoms with E-state index in [4.69, 9.17) is 4.74 Å². The summed E-state index contributed by atoms with van der Waals surface area (Å²) in [6.45, 7) is 9.23. The third kappa shape index (κ3) is 6.68. The van der Waals surface area contributed by atoms with E-state index in [9.17, 15) is 14.4 Å². The van der Waals surface area contributed by atoms with E-state index >= 15 is 0 Å². The van der Waals surface area contributed by atoms with Gasteiger partial charge in [-0.2, -0.15) is 0 Å². The van der Waals surface area contributed by atoms with Crippen LogP contribution >= 0.6 is 0 Å². The third-order valence-electron chi connectivity index (χ3n) is 6.45. The number of ether oxygens (including phenoxy) is 1. The lowest BCUT2D eigenvalue weighted by molar-refractivity contribution is 0.0600. The smallest absolute Gasteiger partial charge is 0.337 e. The molecule has 0 saturated carbocycles. The first-order valence-electron chi connectivity index (χ1n) is 12.9. The average molecular weight is 538 g/mol. The van der Waals surface area contributed by atoms with Crippen LogP contribution in [-0.2, 0) is 4.74 Å². The number of allylic oxidation sites excluding steroid dienone is 4. The molecule has 0 unspecified atom stereocenters. The topological polar surface area (TPSA) is 114 Å². The van der Waals surface area contributed by atoms with Crippen molar-refractivity contribution < 1.29 is 19.1 Å². The number of carbonyl (C=O) groups excluding carboxylic acids is 3. The highest BCUT2D eigenvalue weighted by Gasteiger charge is 2.20. The summed E-state index contributed by atoms with van der Waals surface area (Å²) in [6.07, 6.45) is 11.3. The Kier molecular flexibility index (Phi) is 9.19. The number of nitrogens with one attached hydrogen (secondary N) is 2. The normalized spacial score (nSPS) is 13.2. The summed E-state index contributed by atoms with van der Waals surface area (Å²) in [6, 6.07) is 11.6. The van der Waals surface area contributed by atoms with Crippen LogP contribution in [0.15, 0.2) is 86.2 Å². The Hall–Kier alpha value is -5.05. The molecule has 0 spiro atoms. The molecule has 3 aromatic rings. The molecule has 9 heteroatoms. The van der Waals surface area contributed by atoms with Gasteiger partial charge in [-0.05, 0) is 55.7 Å². The van der Waals surface area contributed by atoms with Gasteiger partial charge >= 0.3 is 5.97 Å². The van der Waals surface area contributed by atoms with Crippen LogP contribution in [-0.4, -0.2) is 48.0 Å². The van der Waals surface area contributed by atoms with E-state index in [1.807, 2.05) is 6.07 Å². The number of piperidine rings is 1. The van der Waals surface area contributed by atoms with Crippen LogP contribution in [0.5, 0.6) is 0 Å². The number of aromatic nitrogens is 2. The minimum Gasteiger partial charge on any atom is -0.465 e. The van der Waals surface area contributed by atoms with Gasteiger partial charge in [-0.25, -0.2) is 14.8 Å². The lowest BCUT2D eigenvalue weighted by Crippen LogP contribution is -2.29. The zero-order valence-corrected chi connectivity index (χ0v) is 22.4. The van der Waals surface area contributed by atoms with E-state index in [0.29, 0.717) is 22.8 Å². The Morgan fingerprint density at radius 2 is 1.65 bits per heavy atom. The molecule has 40 heavy (non-hydrogen) atoms. The van der Waals surface area contributed by atoms with Crippen LogP contribution in [0.1, 0.15) is 56.2 Å². The molecule has 9 nitrogen and oxygen atoms in total. The van der Waals surface area contributed by atoms with Gasteiger partial charge in [0.05, 0.1) is 42.0 Å².